The van der Waals surface area contributed by atoms with Crippen molar-refractivity contribution in [1.29, 1.82) is 0 Å². The third kappa shape index (κ3) is 6.13. The molecule has 0 radical (unpaired) electrons. The van der Waals surface area contributed by atoms with Gasteiger partial charge in [0.2, 0.25) is 0 Å². The van der Waals surface area contributed by atoms with Gasteiger partial charge in [-0.15, -0.1) is 0 Å². The summed E-state index contributed by atoms with van der Waals surface area (Å²) in [6.45, 7) is 4.20. The molecule has 1 aromatic carbocycles. The Labute approximate surface area is 140 Å². The molecular formula is C19H32N2O2. The van der Waals surface area contributed by atoms with Gasteiger partial charge in [0, 0.05) is 25.2 Å². The Morgan fingerprint density at radius 3 is 2.65 bits per heavy atom. The molecule has 1 unspecified atom stereocenters. The molecule has 0 spiro atoms. The van der Waals surface area contributed by atoms with Gasteiger partial charge in [0.25, 0.3) is 0 Å². The first-order valence-electron chi connectivity index (χ1n) is 8.83. The van der Waals surface area contributed by atoms with Crippen molar-refractivity contribution in [3.63, 3.8) is 0 Å². The van der Waals surface area contributed by atoms with Crippen LogP contribution in [0.2, 0.25) is 0 Å². The Morgan fingerprint density at radius 1 is 1.26 bits per heavy atom. The summed E-state index contributed by atoms with van der Waals surface area (Å²) >= 11 is 0. The standard InChI is InChI=1S/C19H32N2O2/c1-15(20-18-9-7-16(14-22)8-10-18)17-5-4-6-19(13-17)23-12-11-21(2)3/h4-6,13,15-16,18,20,22H,7-12,14H2,1-3H3. The van der Waals surface area contributed by atoms with Crippen molar-refractivity contribution in [2.24, 2.45) is 5.92 Å². The molecule has 1 atom stereocenters. The number of hydrogen-bond acceptors (Lipinski definition) is 4. The second-order valence-corrected chi connectivity index (χ2v) is 7.01. The molecule has 0 aromatic heterocycles. The highest BCUT2D eigenvalue weighted by molar-refractivity contribution is 5.30. The minimum atomic E-state index is 0.322. The van der Waals surface area contributed by atoms with Crippen molar-refractivity contribution in [2.45, 2.75) is 44.7 Å². The number of nitrogens with one attached hydrogen (secondary N) is 1. The number of ether oxygens (including phenoxy) is 1. The summed E-state index contributed by atoms with van der Waals surface area (Å²) in [7, 11) is 4.11. The third-order valence-electron chi connectivity index (χ3n) is 4.76. The van der Waals surface area contributed by atoms with Crippen molar-refractivity contribution < 1.29 is 9.84 Å². The van der Waals surface area contributed by atoms with Crippen molar-refractivity contribution >= 4 is 0 Å². The average molecular weight is 320 g/mol. The Bertz CT molecular complexity index is 456. The lowest BCUT2D eigenvalue weighted by molar-refractivity contribution is 0.172. The summed E-state index contributed by atoms with van der Waals surface area (Å²) < 4.78 is 5.83. The summed E-state index contributed by atoms with van der Waals surface area (Å²) in [6, 6.07) is 9.29. The first-order valence-corrected chi connectivity index (χ1v) is 8.83. The van der Waals surface area contributed by atoms with E-state index in [9.17, 15) is 5.11 Å². The number of aliphatic hydroxyl groups excluding tert-OH is 1. The number of rotatable bonds is 8. The van der Waals surface area contributed by atoms with Crippen LogP contribution in [-0.4, -0.2) is 49.9 Å². The van der Waals surface area contributed by atoms with E-state index in [-0.39, 0.29) is 0 Å². The Hall–Kier alpha value is -1.10. The van der Waals surface area contributed by atoms with Crippen molar-refractivity contribution in [3.05, 3.63) is 29.8 Å². The molecule has 0 saturated heterocycles. The van der Waals surface area contributed by atoms with E-state index < -0.39 is 0 Å². The predicted octanol–water partition coefficient (Wildman–Crippen LogP) is 2.83. The van der Waals surface area contributed by atoms with Gasteiger partial charge in [0.05, 0.1) is 0 Å². The SMILES string of the molecule is CC(NC1CCC(CO)CC1)c1cccc(OCCN(C)C)c1. The molecule has 1 fully saturated rings. The average Bonchev–Trinajstić information content (AvgIpc) is 2.55. The molecule has 130 valence electrons. The highest BCUT2D eigenvalue weighted by atomic mass is 16.5. The smallest absolute Gasteiger partial charge is 0.119 e. The van der Waals surface area contributed by atoms with E-state index in [0.29, 0.717) is 31.2 Å². The maximum absolute atomic E-state index is 9.24. The summed E-state index contributed by atoms with van der Waals surface area (Å²) in [5.74, 6) is 1.46. The fraction of sp³-hybridized carbons (Fsp3) is 0.684. The van der Waals surface area contributed by atoms with Gasteiger partial charge in [-0.1, -0.05) is 12.1 Å². The van der Waals surface area contributed by atoms with Gasteiger partial charge >= 0.3 is 0 Å². The van der Waals surface area contributed by atoms with Crippen LogP contribution in [0.15, 0.2) is 24.3 Å². The molecular weight excluding hydrogens is 288 g/mol. The Balaban J connectivity index is 1.83. The normalized spacial score (nSPS) is 23.0. The zero-order valence-electron chi connectivity index (χ0n) is 14.8. The molecule has 1 saturated carbocycles. The lowest BCUT2D eigenvalue weighted by Gasteiger charge is -2.30. The van der Waals surface area contributed by atoms with Gasteiger partial charge in [-0.25, -0.2) is 0 Å². The van der Waals surface area contributed by atoms with Crippen LogP contribution in [-0.2, 0) is 0 Å². The second kappa shape index (κ2) is 9.26. The molecule has 4 heteroatoms. The predicted molar refractivity (Wildman–Crippen MR) is 94.9 cm³/mol. The molecule has 0 heterocycles. The van der Waals surface area contributed by atoms with Crippen molar-refractivity contribution in [1.82, 2.24) is 10.2 Å². The van der Waals surface area contributed by atoms with Crippen molar-refractivity contribution in [2.75, 3.05) is 33.9 Å². The molecule has 2 rings (SSSR count). The van der Waals surface area contributed by atoms with Gasteiger partial charge in [0.1, 0.15) is 12.4 Å². The highest BCUT2D eigenvalue weighted by Crippen LogP contribution is 2.26. The van der Waals surface area contributed by atoms with Gasteiger partial charge in [-0.05, 0) is 70.3 Å². The number of aliphatic hydroxyl groups is 1. The number of benzene rings is 1. The zero-order valence-corrected chi connectivity index (χ0v) is 14.8. The molecule has 1 aliphatic rings. The molecule has 1 aromatic rings. The van der Waals surface area contributed by atoms with Crippen LogP contribution in [0.5, 0.6) is 5.75 Å². The van der Waals surface area contributed by atoms with E-state index in [1.165, 1.54) is 5.56 Å². The maximum Gasteiger partial charge on any atom is 0.119 e. The Kier molecular flexibility index (Phi) is 7.34. The lowest BCUT2D eigenvalue weighted by atomic mass is 9.86. The number of nitrogens with zero attached hydrogens (tertiary/aromatic N) is 1. The zero-order chi connectivity index (χ0) is 16.7. The van der Waals surface area contributed by atoms with Gasteiger partial charge < -0.3 is 20.1 Å². The third-order valence-corrected chi connectivity index (χ3v) is 4.76. The maximum atomic E-state index is 9.24. The number of likely N-dealkylation sites (N-methyl/N-ethyl adjacent to an activating group) is 1. The molecule has 0 aliphatic heterocycles. The number of hydrogen-bond donors (Lipinski definition) is 2. The fourth-order valence-electron chi connectivity index (χ4n) is 3.18. The summed E-state index contributed by atoms with van der Waals surface area (Å²) in [6.07, 6.45) is 4.59. The van der Waals surface area contributed by atoms with Gasteiger partial charge in [-0.2, -0.15) is 0 Å². The molecule has 2 N–H and O–H groups in total. The van der Waals surface area contributed by atoms with E-state index in [1.54, 1.807) is 0 Å². The summed E-state index contributed by atoms with van der Waals surface area (Å²) in [5, 5.41) is 13.0. The molecule has 1 aliphatic carbocycles. The van der Waals surface area contributed by atoms with Crippen LogP contribution < -0.4 is 10.1 Å². The molecule has 0 bridgehead atoms. The van der Waals surface area contributed by atoms with Crippen LogP contribution in [0.25, 0.3) is 0 Å². The largest absolute Gasteiger partial charge is 0.492 e. The molecule has 0 amide bonds. The minimum Gasteiger partial charge on any atom is -0.492 e. The van der Waals surface area contributed by atoms with Crippen LogP contribution in [0, 0.1) is 5.92 Å². The minimum absolute atomic E-state index is 0.322. The van der Waals surface area contributed by atoms with E-state index in [0.717, 1.165) is 38.0 Å². The second-order valence-electron chi connectivity index (χ2n) is 7.01. The lowest BCUT2D eigenvalue weighted by Crippen LogP contribution is -2.35. The fourth-order valence-corrected chi connectivity index (χ4v) is 3.18. The van der Waals surface area contributed by atoms with Crippen LogP contribution >= 0.6 is 0 Å². The van der Waals surface area contributed by atoms with E-state index >= 15 is 0 Å². The first kappa shape index (κ1) is 18.2. The van der Waals surface area contributed by atoms with E-state index in [1.807, 2.05) is 6.07 Å². The topological polar surface area (TPSA) is 44.7 Å². The van der Waals surface area contributed by atoms with E-state index in [4.69, 9.17) is 4.74 Å². The summed E-state index contributed by atoms with van der Waals surface area (Å²) in [4.78, 5) is 2.12. The van der Waals surface area contributed by atoms with Gasteiger partial charge in [-0.3, -0.25) is 0 Å². The first-order chi connectivity index (χ1) is 11.1. The van der Waals surface area contributed by atoms with Crippen LogP contribution in [0.4, 0.5) is 0 Å². The Morgan fingerprint density at radius 2 is 2.00 bits per heavy atom. The molecule has 23 heavy (non-hydrogen) atoms. The van der Waals surface area contributed by atoms with Crippen molar-refractivity contribution in [3.8, 4) is 5.75 Å². The highest BCUT2D eigenvalue weighted by Gasteiger charge is 2.22. The quantitative estimate of drug-likeness (QED) is 0.773. The summed E-state index contributed by atoms with van der Waals surface area (Å²) in [5.41, 5.74) is 1.27. The van der Waals surface area contributed by atoms with Gasteiger partial charge in [0.15, 0.2) is 0 Å². The van der Waals surface area contributed by atoms with Crippen LogP contribution in [0.1, 0.15) is 44.2 Å². The van der Waals surface area contributed by atoms with E-state index in [2.05, 4.69) is 49.4 Å². The molecule has 4 nitrogen and oxygen atoms in total. The monoisotopic (exact) mass is 320 g/mol. The van der Waals surface area contributed by atoms with Crippen LogP contribution in [0.3, 0.4) is 0 Å².